The average molecular weight is 359 g/mol. The molecule has 1 aromatic carbocycles. The minimum absolute atomic E-state index is 0.154. The number of amides is 1. The highest BCUT2D eigenvalue weighted by Crippen LogP contribution is 2.22. The molecule has 0 N–H and O–H groups in total. The molecule has 2 heterocycles. The fourth-order valence-corrected chi connectivity index (χ4v) is 3.72. The Morgan fingerprint density at radius 2 is 1.84 bits per heavy atom. The number of piperazine rings is 1. The van der Waals surface area contributed by atoms with Gasteiger partial charge in [0.25, 0.3) is 0 Å². The fourth-order valence-electron chi connectivity index (χ4n) is 2.84. The van der Waals surface area contributed by atoms with E-state index in [1.165, 1.54) is 17.8 Å². The molecule has 0 unspecified atom stereocenters. The van der Waals surface area contributed by atoms with Gasteiger partial charge in [0, 0.05) is 56.0 Å². The van der Waals surface area contributed by atoms with E-state index in [9.17, 15) is 9.18 Å². The van der Waals surface area contributed by atoms with E-state index in [0.717, 1.165) is 38.4 Å². The molecule has 25 heavy (non-hydrogen) atoms. The van der Waals surface area contributed by atoms with Crippen LogP contribution in [-0.4, -0.2) is 52.6 Å². The molecule has 1 aliphatic heterocycles. The van der Waals surface area contributed by atoms with Gasteiger partial charge < -0.3 is 4.90 Å². The molecule has 4 nitrogen and oxygen atoms in total. The van der Waals surface area contributed by atoms with Crippen molar-refractivity contribution in [1.29, 1.82) is 0 Å². The summed E-state index contributed by atoms with van der Waals surface area (Å²) in [4.78, 5) is 21.5. The van der Waals surface area contributed by atoms with Gasteiger partial charge in [-0.1, -0.05) is 18.2 Å². The Balaban J connectivity index is 1.39. The number of pyridine rings is 1. The predicted octanol–water partition coefficient (Wildman–Crippen LogP) is 3.05. The molecule has 132 valence electrons. The number of halogens is 1. The molecule has 3 rings (SSSR count). The first-order valence-corrected chi connectivity index (χ1v) is 9.48. The Labute approximate surface area is 152 Å². The summed E-state index contributed by atoms with van der Waals surface area (Å²) in [5.41, 5.74) is 1.06. The first-order valence-electron chi connectivity index (χ1n) is 8.50. The van der Waals surface area contributed by atoms with Gasteiger partial charge in [-0.2, -0.15) is 0 Å². The highest BCUT2D eigenvalue weighted by Gasteiger charge is 2.21. The quantitative estimate of drug-likeness (QED) is 0.743. The van der Waals surface area contributed by atoms with Gasteiger partial charge in [0.2, 0.25) is 5.91 Å². The lowest BCUT2D eigenvalue weighted by Gasteiger charge is -2.34. The lowest BCUT2D eigenvalue weighted by molar-refractivity contribution is -0.132. The maximum Gasteiger partial charge on any atom is 0.223 e. The van der Waals surface area contributed by atoms with Crippen LogP contribution in [-0.2, 0) is 11.3 Å². The Morgan fingerprint density at radius 1 is 1.08 bits per heavy atom. The zero-order valence-electron chi connectivity index (χ0n) is 14.1. The molecule has 0 radical (unpaired) electrons. The van der Waals surface area contributed by atoms with Crippen molar-refractivity contribution in [3.63, 3.8) is 0 Å². The largest absolute Gasteiger partial charge is 0.340 e. The molecule has 1 aliphatic rings. The smallest absolute Gasteiger partial charge is 0.223 e. The summed E-state index contributed by atoms with van der Waals surface area (Å²) in [6.07, 6.45) is 2.25. The first kappa shape index (κ1) is 17.9. The third-order valence-corrected chi connectivity index (χ3v) is 5.30. The van der Waals surface area contributed by atoms with E-state index in [2.05, 4.69) is 9.88 Å². The SMILES string of the molecule is O=C(CCSc1ccccc1F)N1CCN(Cc2ccccn2)CC1. The van der Waals surface area contributed by atoms with E-state index in [1.54, 1.807) is 12.1 Å². The number of carbonyl (C=O) groups excluding carboxylic acids is 1. The number of nitrogens with zero attached hydrogens (tertiary/aromatic N) is 3. The molecular weight excluding hydrogens is 337 g/mol. The van der Waals surface area contributed by atoms with E-state index in [4.69, 9.17) is 0 Å². The second-order valence-electron chi connectivity index (χ2n) is 6.01. The molecule has 0 bridgehead atoms. The summed E-state index contributed by atoms with van der Waals surface area (Å²) < 4.78 is 13.6. The van der Waals surface area contributed by atoms with Crippen LogP contribution < -0.4 is 0 Å². The Bertz CT molecular complexity index is 690. The molecule has 1 fully saturated rings. The number of thioether (sulfide) groups is 1. The lowest BCUT2D eigenvalue weighted by Crippen LogP contribution is -2.48. The molecule has 0 aliphatic carbocycles. The van der Waals surface area contributed by atoms with Crippen LogP contribution in [0.4, 0.5) is 4.39 Å². The van der Waals surface area contributed by atoms with Crippen molar-refractivity contribution in [2.24, 2.45) is 0 Å². The zero-order chi connectivity index (χ0) is 17.5. The third-order valence-electron chi connectivity index (χ3n) is 4.25. The molecule has 1 aromatic heterocycles. The Kier molecular flexibility index (Phi) is 6.42. The second kappa shape index (κ2) is 8.97. The van der Waals surface area contributed by atoms with Crippen molar-refractivity contribution in [2.75, 3.05) is 31.9 Å². The van der Waals surface area contributed by atoms with Crippen molar-refractivity contribution < 1.29 is 9.18 Å². The van der Waals surface area contributed by atoms with Gasteiger partial charge in [-0.25, -0.2) is 4.39 Å². The number of carbonyl (C=O) groups is 1. The maximum atomic E-state index is 13.6. The van der Waals surface area contributed by atoms with Gasteiger partial charge in [-0.3, -0.25) is 14.7 Å². The van der Waals surface area contributed by atoms with Crippen LogP contribution in [0.2, 0.25) is 0 Å². The van der Waals surface area contributed by atoms with Crippen LogP contribution in [0.25, 0.3) is 0 Å². The first-order chi connectivity index (χ1) is 12.2. The summed E-state index contributed by atoms with van der Waals surface area (Å²) in [7, 11) is 0. The van der Waals surface area contributed by atoms with Gasteiger partial charge in [0.1, 0.15) is 5.82 Å². The number of benzene rings is 1. The van der Waals surface area contributed by atoms with Crippen molar-refractivity contribution in [3.8, 4) is 0 Å². The summed E-state index contributed by atoms with van der Waals surface area (Å²) in [6.45, 7) is 4.05. The molecule has 0 saturated carbocycles. The Hall–Kier alpha value is -1.92. The monoisotopic (exact) mass is 359 g/mol. The highest BCUT2D eigenvalue weighted by molar-refractivity contribution is 7.99. The minimum Gasteiger partial charge on any atom is -0.340 e. The number of hydrogen-bond acceptors (Lipinski definition) is 4. The van der Waals surface area contributed by atoms with E-state index < -0.39 is 0 Å². The van der Waals surface area contributed by atoms with Gasteiger partial charge >= 0.3 is 0 Å². The van der Waals surface area contributed by atoms with E-state index in [0.29, 0.717) is 17.1 Å². The molecular formula is C19H22FN3OS. The molecule has 0 atom stereocenters. The number of rotatable bonds is 6. The predicted molar refractivity (Wildman–Crippen MR) is 97.8 cm³/mol. The van der Waals surface area contributed by atoms with Crippen molar-refractivity contribution in [1.82, 2.24) is 14.8 Å². The van der Waals surface area contributed by atoms with Crippen molar-refractivity contribution in [3.05, 3.63) is 60.2 Å². The summed E-state index contributed by atoms with van der Waals surface area (Å²) in [5.74, 6) is 0.540. The second-order valence-corrected chi connectivity index (χ2v) is 7.14. The van der Waals surface area contributed by atoms with Crippen molar-refractivity contribution in [2.45, 2.75) is 17.9 Å². The maximum absolute atomic E-state index is 13.6. The molecule has 1 amide bonds. The summed E-state index contributed by atoms with van der Waals surface area (Å²) >= 11 is 1.40. The van der Waals surface area contributed by atoms with Gasteiger partial charge in [-0.05, 0) is 24.3 Å². The van der Waals surface area contributed by atoms with Crippen LogP contribution in [0.5, 0.6) is 0 Å². The van der Waals surface area contributed by atoms with Gasteiger partial charge in [0.15, 0.2) is 0 Å². The molecule has 1 saturated heterocycles. The fraction of sp³-hybridized carbons (Fsp3) is 0.368. The highest BCUT2D eigenvalue weighted by atomic mass is 32.2. The lowest BCUT2D eigenvalue weighted by atomic mass is 10.2. The molecule has 2 aromatic rings. The van der Waals surface area contributed by atoms with Crippen molar-refractivity contribution >= 4 is 17.7 Å². The summed E-state index contributed by atoms with van der Waals surface area (Å²) in [5, 5.41) is 0. The topological polar surface area (TPSA) is 36.4 Å². The average Bonchev–Trinajstić information content (AvgIpc) is 2.65. The van der Waals surface area contributed by atoms with E-state index in [-0.39, 0.29) is 11.7 Å². The molecule has 6 heteroatoms. The third kappa shape index (κ3) is 5.28. The van der Waals surface area contributed by atoms with E-state index >= 15 is 0 Å². The van der Waals surface area contributed by atoms with Crippen LogP contribution in [0, 0.1) is 5.82 Å². The summed E-state index contributed by atoms with van der Waals surface area (Å²) in [6, 6.07) is 12.6. The van der Waals surface area contributed by atoms with Gasteiger partial charge in [0.05, 0.1) is 5.69 Å². The molecule has 0 spiro atoms. The number of aromatic nitrogens is 1. The standard InChI is InChI=1S/C19H22FN3OS/c20-17-6-1-2-7-18(17)25-14-8-19(24)23-12-10-22(11-13-23)15-16-5-3-4-9-21-16/h1-7,9H,8,10-15H2. The normalized spacial score (nSPS) is 15.3. The van der Waals surface area contributed by atoms with Crippen LogP contribution >= 0.6 is 11.8 Å². The van der Waals surface area contributed by atoms with Crippen LogP contribution in [0.3, 0.4) is 0 Å². The Morgan fingerprint density at radius 3 is 2.56 bits per heavy atom. The van der Waals surface area contributed by atoms with Crippen LogP contribution in [0.1, 0.15) is 12.1 Å². The van der Waals surface area contributed by atoms with Crippen LogP contribution in [0.15, 0.2) is 53.6 Å². The number of hydrogen-bond donors (Lipinski definition) is 0. The minimum atomic E-state index is -0.219. The zero-order valence-corrected chi connectivity index (χ0v) is 14.9. The van der Waals surface area contributed by atoms with E-state index in [1.807, 2.05) is 35.4 Å². The van der Waals surface area contributed by atoms with Gasteiger partial charge in [-0.15, -0.1) is 11.8 Å².